The van der Waals surface area contributed by atoms with E-state index in [1.807, 2.05) is 6.07 Å². The van der Waals surface area contributed by atoms with Gasteiger partial charge in [0.2, 0.25) is 0 Å². The van der Waals surface area contributed by atoms with E-state index in [9.17, 15) is 4.79 Å². The average Bonchev–Trinajstić information content (AvgIpc) is 3.29. The van der Waals surface area contributed by atoms with Gasteiger partial charge in [0.05, 0.1) is 0 Å². The molecule has 5 heteroatoms. The van der Waals surface area contributed by atoms with Gasteiger partial charge in [-0.2, -0.15) is 0 Å². The number of amides is 1. The Morgan fingerprint density at radius 2 is 2.25 bits per heavy atom. The summed E-state index contributed by atoms with van der Waals surface area (Å²) in [6.45, 7) is 4.57. The third kappa shape index (κ3) is 4.49. The summed E-state index contributed by atoms with van der Waals surface area (Å²) < 4.78 is 0. The number of nitrogens with zero attached hydrogens (tertiary/aromatic N) is 2. The Labute approximate surface area is 120 Å². The SMILES string of the molecule is CCCNc1ccnc(C(=O)NCCN(C)C2CC2)c1. The van der Waals surface area contributed by atoms with E-state index in [1.54, 1.807) is 12.3 Å². The Hall–Kier alpha value is -1.62. The smallest absolute Gasteiger partial charge is 0.269 e. The molecule has 110 valence electrons. The van der Waals surface area contributed by atoms with E-state index >= 15 is 0 Å². The largest absolute Gasteiger partial charge is 0.385 e. The number of pyridine rings is 1. The second-order valence-electron chi connectivity index (χ2n) is 5.32. The Bertz CT molecular complexity index is 445. The van der Waals surface area contributed by atoms with E-state index in [-0.39, 0.29) is 5.91 Å². The van der Waals surface area contributed by atoms with Crippen LogP contribution in [-0.2, 0) is 0 Å². The average molecular weight is 276 g/mol. The molecule has 5 nitrogen and oxygen atoms in total. The minimum atomic E-state index is -0.102. The molecule has 20 heavy (non-hydrogen) atoms. The summed E-state index contributed by atoms with van der Waals surface area (Å²) in [5.74, 6) is -0.102. The highest BCUT2D eigenvalue weighted by Gasteiger charge is 2.25. The number of likely N-dealkylation sites (N-methyl/N-ethyl adjacent to an activating group) is 1. The highest BCUT2D eigenvalue weighted by molar-refractivity contribution is 5.93. The fraction of sp³-hybridized carbons (Fsp3) is 0.600. The molecule has 0 spiro atoms. The topological polar surface area (TPSA) is 57.3 Å². The molecule has 1 aliphatic carbocycles. The van der Waals surface area contributed by atoms with Crippen LogP contribution in [0, 0.1) is 0 Å². The van der Waals surface area contributed by atoms with Crippen molar-refractivity contribution in [2.45, 2.75) is 32.2 Å². The maximum absolute atomic E-state index is 12.0. The van der Waals surface area contributed by atoms with Gasteiger partial charge in [0.1, 0.15) is 5.69 Å². The minimum absolute atomic E-state index is 0.102. The molecule has 1 aromatic heterocycles. The summed E-state index contributed by atoms with van der Waals surface area (Å²) in [7, 11) is 2.11. The van der Waals surface area contributed by atoms with E-state index < -0.39 is 0 Å². The number of hydrogen-bond acceptors (Lipinski definition) is 4. The molecule has 1 saturated carbocycles. The van der Waals surface area contributed by atoms with Crippen molar-refractivity contribution in [3.8, 4) is 0 Å². The van der Waals surface area contributed by atoms with Crippen LogP contribution in [0.3, 0.4) is 0 Å². The summed E-state index contributed by atoms with van der Waals surface area (Å²) in [6, 6.07) is 4.41. The van der Waals surface area contributed by atoms with Crippen LogP contribution >= 0.6 is 0 Å². The van der Waals surface area contributed by atoms with E-state index in [0.717, 1.165) is 31.2 Å². The summed E-state index contributed by atoms with van der Waals surface area (Å²) >= 11 is 0. The fourth-order valence-corrected chi connectivity index (χ4v) is 2.07. The van der Waals surface area contributed by atoms with Gasteiger partial charge in [-0.15, -0.1) is 0 Å². The Morgan fingerprint density at radius 1 is 1.45 bits per heavy atom. The van der Waals surface area contributed by atoms with Crippen molar-refractivity contribution in [1.82, 2.24) is 15.2 Å². The molecule has 1 amide bonds. The van der Waals surface area contributed by atoms with Crippen LogP contribution < -0.4 is 10.6 Å². The number of carbonyl (C=O) groups excluding carboxylic acids is 1. The van der Waals surface area contributed by atoms with Gasteiger partial charge in [-0.3, -0.25) is 9.78 Å². The van der Waals surface area contributed by atoms with Crippen LogP contribution in [0.5, 0.6) is 0 Å². The van der Waals surface area contributed by atoms with E-state index in [4.69, 9.17) is 0 Å². The standard InChI is InChI=1S/C15H24N4O/c1-3-7-16-12-6-8-17-14(11-12)15(20)18-9-10-19(2)13-4-5-13/h6,8,11,13H,3-5,7,9-10H2,1-2H3,(H,16,17)(H,18,20). The molecule has 0 unspecified atom stereocenters. The van der Waals surface area contributed by atoms with E-state index in [2.05, 4.69) is 34.5 Å². The van der Waals surface area contributed by atoms with Gasteiger partial charge in [-0.25, -0.2) is 0 Å². The normalized spacial score (nSPS) is 14.3. The zero-order chi connectivity index (χ0) is 14.4. The van der Waals surface area contributed by atoms with Crippen LogP contribution in [-0.4, -0.2) is 48.5 Å². The molecule has 2 N–H and O–H groups in total. The first kappa shape index (κ1) is 14.8. The molecule has 2 rings (SSSR count). The zero-order valence-corrected chi connectivity index (χ0v) is 12.4. The lowest BCUT2D eigenvalue weighted by Crippen LogP contribution is -2.34. The van der Waals surface area contributed by atoms with Gasteiger partial charge in [0, 0.05) is 37.6 Å². The number of aromatic nitrogens is 1. The molecular weight excluding hydrogens is 252 g/mol. The maximum Gasteiger partial charge on any atom is 0.269 e. The second-order valence-corrected chi connectivity index (χ2v) is 5.32. The van der Waals surface area contributed by atoms with Crippen molar-refractivity contribution in [1.29, 1.82) is 0 Å². The first-order valence-electron chi connectivity index (χ1n) is 7.39. The van der Waals surface area contributed by atoms with Crippen molar-refractivity contribution >= 4 is 11.6 Å². The van der Waals surface area contributed by atoms with Gasteiger partial charge >= 0.3 is 0 Å². The zero-order valence-electron chi connectivity index (χ0n) is 12.4. The van der Waals surface area contributed by atoms with E-state index in [0.29, 0.717) is 12.2 Å². The predicted molar refractivity (Wildman–Crippen MR) is 81.0 cm³/mol. The van der Waals surface area contributed by atoms with Gasteiger partial charge in [0.25, 0.3) is 5.91 Å². The quantitative estimate of drug-likeness (QED) is 0.759. The number of carbonyl (C=O) groups is 1. The van der Waals surface area contributed by atoms with Crippen LogP contribution in [0.1, 0.15) is 36.7 Å². The van der Waals surface area contributed by atoms with Crippen LogP contribution in [0.4, 0.5) is 5.69 Å². The Kier molecular flexibility index (Phi) is 5.35. The van der Waals surface area contributed by atoms with Crippen LogP contribution in [0.15, 0.2) is 18.3 Å². The monoisotopic (exact) mass is 276 g/mol. The number of hydrogen-bond donors (Lipinski definition) is 2. The molecule has 1 aliphatic rings. The molecule has 0 saturated heterocycles. The van der Waals surface area contributed by atoms with Gasteiger partial charge in [-0.05, 0) is 38.4 Å². The number of anilines is 1. The van der Waals surface area contributed by atoms with Crippen molar-refractivity contribution < 1.29 is 4.79 Å². The first-order valence-corrected chi connectivity index (χ1v) is 7.39. The molecule has 1 fully saturated rings. The number of nitrogens with one attached hydrogen (secondary N) is 2. The van der Waals surface area contributed by atoms with Crippen molar-refractivity contribution in [2.24, 2.45) is 0 Å². The fourth-order valence-electron chi connectivity index (χ4n) is 2.07. The summed E-state index contributed by atoms with van der Waals surface area (Å²) in [4.78, 5) is 18.4. The third-order valence-corrected chi connectivity index (χ3v) is 3.49. The maximum atomic E-state index is 12.0. The Morgan fingerprint density at radius 3 is 2.95 bits per heavy atom. The first-order chi connectivity index (χ1) is 9.70. The molecule has 0 bridgehead atoms. The summed E-state index contributed by atoms with van der Waals surface area (Å²) in [5, 5.41) is 6.18. The molecule has 1 heterocycles. The van der Waals surface area contributed by atoms with E-state index in [1.165, 1.54) is 12.8 Å². The lowest BCUT2D eigenvalue weighted by molar-refractivity contribution is 0.0944. The highest BCUT2D eigenvalue weighted by atomic mass is 16.1. The van der Waals surface area contributed by atoms with Crippen LogP contribution in [0.25, 0.3) is 0 Å². The molecule has 0 atom stereocenters. The molecule has 0 aromatic carbocycles. The lowest BCUT2D eigenvalue weighted by Gasteiger charge is -2.15. The van der Waals surface area contributed by atoms with Gasteiger partial charge in [0.15, 0.2) is 0 Å². The van der Waals surface area contributed by atoms with Crippen molar-refractivity contribution in [3.05, 3.63) is 24.0 Å². The Balaban J connectivity index is 1.78. The molecule has 1 aromatic rings. The molecular formula is C15H24N4O. The van der Waals surface area contributed by atoms with Crippen LogP contribution in [0.2, 0.25) is 0 Å². The van der Waals surface area contributed by atoms with Gasteiger partial charge < -0.3 is 15.5 Å². The van der Waals surface area contributed by atoms with Crippen molar-refractivity contribution in [2.75, 3.05) is 32.0 Å². The summed E-state index contributed by atoms with van der Waals surface area (Å²) in [5.41, 5.74) is 1.42. The minimum Gasteiger partial charge on any atom is -0.385 e. The molecule has 0 aliphatic heterocycles. The molecule has 0 radical (unpaired) electrons. The predicted octanol–water partition coefficient (Wildman–Crippen LogP) is 1.73. The van der Waals surface area contributed by atoms with Gasteiger partial charge in [-0.1, -0.05) is 6.92 Å². The second kappa shape index (κ2) is 7.24. The van der Waals surface area contributed by atoms with Crippen molar-refractivity contribution in [3.63, 3.8) is 0 Å². The lowest BCUT2D eigenvalue weighted by atomic mass is 10.3. The highest BCUT2D eigenvalue weighted by Crippen LogP contribution is 2.24. The number of rotatable bonds is 8. The summed E-state index contributed by atoms with van der Waals surface area (Å²) in [6.07, 6.45) is 5.30. The third-order valence-electron chi connectivity index (χ3n) is 3.49.